The van der Waals surface area contributed by atoms with Crippen molar-refractivity contribution in [3.63, 3.8) is 0 Å². The van der Waals surface area contributed by atoms with Crippen LogP contribution in [-0.2, 0) is 6.42 Å². The average molecular weight is 420 g/mol. The maximum atomic E-state index is 8.68. The van der Waals surface area contributed by atoms with Crippen LogP contribution in [-0.4, -0.2) is 0 Å². The number of unbranched alkanes of at least 4 members (excludes halogenated alkanes) is 3. The molecule has 0 saturated heterocycles. The van der Waals surface area contributed by atoms with Crippen LogP contribution in [0.4, 0.5) is 0 Å². The number of nitriles is 1. The highest BCUT2D eigenvalue weighted by molar-refractivity contribution is 5.26. The van der Waals surface area contributed by atoms with Crippen molar-refractivity contribution < 1.29 is 0 Å². The zero-order chi connectivity index (χ0) is 21.7. The van der Waals surface area contributed by atoms with Gasteiger partial charge in [-0.2, -0.15) is 5.26 Å². The van der Waals surface area contributed by atoms with Crippen molar-refractivity contribution in [3.8, 4) is 6.07 Å². The maximum Gasteiger partial charge on any atom is 0.0908 e. The van der Waals surface area contributed by atoms with Crippen molar-refractivity contribution in [2.75, 3.05) is 0 Å². The second-order valence-electron chi connectivity index (χ2n) is 10.5. The van der Waals surface area contributed by atoms with Crippen molar-refractivity contribution in [1.82, 2.24) is 0 Å². The molecule has 0 aromatic heterocycles. The quantitative estimate of drug-likeness (QED) is 0.259. The number of benzene rings is 1. The lowest BCUT2D eigenvalue weighted by molar-refractivity contribution is 0.273. The third-order valence-corrected chi connectivity index (χ3v) is 8.18. The SMILES string of the molecule is CCCCCc1ccc(C2CCC(CCCCC3CCC(C=CC#N)CC3)CC2)cc1. The van der Waals surface area contributed by atoms with Gasteiger partial charge in [-0.25, -0.2) is 0 Å². The summed E-state index contributed by atoms with van der Waals surface area (Å²) in [5.41, 5.74) is 3.12. The molecule has 170 valence electrons. The van der Waals surface area contributed by atoms with Gasteiger partial charge >= 0.3 is 0 Å². The Hall–Kier alpha value is -1.55. The molecular formula is C30H45N. The van der Waals surface area contributed by atoms with Crippen molar-refractivity contribution in [2.45, 2.75) is 116 Å². The van der Waals surface area contributed by atoms with Crippen LogP contribution < -0.4 is 0 Å². The van der Waals surface area contributed by atoms with Crippen molar-refractivity contribution in [3.05, 3.63) is 47.5 Å². The second-order valence-corrected chi connectivity index (χ2v) is 10.5. The third kappa shape index (κ3) is 8.48. The fourth-order valence-corrected chi connectivity index (χ4v) is 6.03. The molecule has 2 aliphatic carbocycles. The number of rotatable bonds is 11. The Balaban J connectivity index is 1.26. The van der Waals surface area contributed by atoms with Crippen molar-refractivity contribution in [2.24, 2.45) is 17.8 Å². The predicted molar refractivity (Wildman–Crippen MR) is 133 cm³/mol. The number of hydrogen-bond donors (Lipinski definition) is 0. The first-order chi connectivity index (χ1) is 15.3. The zero-order valence-electron chi connectivity index (χ0n) is 20.0. The van der Waals surface area contributed by atoms with E-state index >= 15 is 0 Å². The van der Waals surface area contributed by atoms with E-state index in [9.17, 15) is 0 Å². The number of hydrogen-bond acceptors (Lipinski definition) is 1. The molecule has 1 nitrogen and oxygen atoms in total. The highest BCUT2D eigenvalue weighted by Gasteiger charge is 2.23. The highest BCUT2D eigenvalue weighted by Crippen LogP contribution is 2.38. The minimum absolute atomic E-state index is 0.670. The molecule has 2 aliphatic rings. The zero-order valence-corrected chi connectivity index (χ0v) is 20.0. The van der Waals surface area contributed by atoms with Crippen LogP contribution in [0.5, 0.6) is 0 Å². The molecule has 0 unspecified atom stereocenters. The average Bonchev–Trinajstić information content (AvgIpc) is 2.82. The van der Waals surface area contributed by atoms with Crippen LogP contribution in [0.2, 0.25) is 0 Å². The van der Waals surface area contributed by atoms with Crippen LogP contribution in [0.25, 0.3) is 0 Å². The molecule has 0 heterocycles. The molecule has 0 atom stereocenters. The van der Waals surface area contributed by atoms with E-state index in [1.807, 2.05) is 0 Å². The van der Waals surface area contributed by atoms with Gasteiger partial charge in [0.05, 0.1) is 6.07 Å². The molecule has 0 bridgehead atoms. The van der Waals surface area contributed by atoms with Crippen LogP contribution in [0, 0.1) is 29.1 Å². The standard InChI is InChI=1S/C30H45N/c1-2-3-4-8-26-16-20-29(21-17-26)30-22-18-27(19-23-30)10-6-5-9-25-12-14-28(15-13-25)11-7-24-31/h7,11,16-17,20-21,25,27-28,30H,2-6,8-10,12-15,18-19,22-23H2,1H3. The number of aryl methyl sites for hydroxylation is 1. The lowest BCUT2D eigenvalue weighted by Crippen LogP contribution is -2.14. The molecule has 0 amide bonds. The lowest BCUT2D eigenvalue weighted by atomic mass is 9.76. The molecular weight excluding hydrogens is 374 g/mol. The van der Waals surface area contributed by atoms with Crippen LogP contribution in [0.1, 0.15) is 120 Å². The minimum atomic E-state index is 0.670. The van der Waals surface area contributed by atoms with Crippen LogP contribution in [0.3, 0.4) is 0 Å². The van der Waals surface area contributed by atoms with E-state index in [4.69, 9.17) is 5.26 Å². The maximum absolute atomic E-state index is 8.68. The molecule has 0 N–H and O–H groups in total. The monoisotopic (exact) mass is 419 g/mol. The van der Waals surface area contributed by atoms with Gasteiger partial charge in [-0.15, -0.1) is 0 Å². The molecule has 1 aromatic carbocycles. The predicted octanol–water partition coefficient (Wildman–Crippen LogP) is 9.14. The summed E-state index contributed by atoms with van der Waals surface area (Å²) in [5.74, 6) is 3.42. The van der Waals surface area contributed by atoms with Crippen LogP contribution in [0.15, 0.2) is 36.4 Å². The molecule has 0 radical (unpaired) electrons. The normalized spacial score (nSPS) is 26.7. The second kappa shape index (κ2) is 13.8. The van der Waals surface area contributed by atoms with Gasteiger partial charge in [0.25, 0.3) is 0 Å². The molecule has 0 spiro atoms. The summed E-state index contributed by atoms with van der Waals surface area (Å²) in [6.07, 6.45) is 25.9. The number of nitrogens with zero attached hydrogens (tertiary/aromatic N) is 1. The van der Waals surface area contributed by atoms with Gasteiger partial charge in [-0.1, -0.05) is 75.8 Å². The van der Waals surface area contributed by atoms with E-state index in [-0.39, 0.29) is 0 Å². The summed E-state index contributed by atoms with van der Waals surface area (Å²) < 4.78 is 0. The fourth-order valence-electron chi connectivity index (χ4n) is 6.03. The van der Waals surface area contributed by atoms with Crippen molar-refractivity contribution >= 4 is 0 Å². The topological polar surface area (TPSA) is 23.8 Å². The summed E-state index contributed by atoms with van der Waals surface area (Å²) in [6.45, 7) is 2.28. The Morgan fingerprint density at radius 2 is 1.42 bits per heavy atom. The van der Waals surface area contributed by atoms with Crippen LogP contribution >= 0.6 is 0 Å². The Bertz CT molecular complexity index is 663. The van der Waals surface area contributed by atoms with Gasteiger partial charge in [0.1, 0.15) is 0 Å². The highest BCUT2D eigenvalue weighted by atomic mass is 14.3. The Labute approximate surface area is 192 Å². The molecule has 3 rings (SSSR count). The van der Waals surface area contributed by atoms with E-state index in [2.05, 4.69) is 43.3 Å². The van der Waals surface area contributed by atoms with Crippen molar-refractivity contribution in [1.29, 1.82) is 5.26 Å². The molecule has 1 aromatic rings. The number of allylic oxidation sites excluding steroid dienone is 2. The summed E-state index contributed by atoms with van der Waals surface area (Å²) in [5, 5.41) is 8.68. The van der Waals surface area contributed by atoms with E-state index in [0.29, 0.717) is 5.92 Å². The van der Waals surface area contributed by atoms with Gasteiger partial charge in [-0.3, -0.25) is 0 Å². The van der Waals surface area contributed by atoms with Gasteiger partial charge in [0.2, 0.25) is 0 Å². The van der Waals surface area contributed by atoms with Gasteiger partial charge in [0.15, 0.2) is 0 Å². The smallest absolute Gasteiger partial charge is 0.0908 e. The largest absolute Gasteiger partial charge is 0.193 e. The Kier molecular flexibility index (Phi) is 10.7. The summed E-state index contributed by atoms with van der Waals surface area (Å²) >= 11 is 0. The molecule has 0 aliphatic heterocycles. The van der Waals surface area contributed by atoms with Gasteiger partial charge in [0, 0.05) is 6.08 Å². The molecule has 2 fully saturated rings. The first-order valence-corrected chi connectivity index (χ1v) is 13.4. The van der Waals surface area contributed by atoms with E-state index in [1.165, 1.54) is 108 Å². The summed E-state index contributed by atoms with van der Waals surface area (Å²) in [7, 11) is 0. The van der Waals surface area contributed by atoms with E-state index in [1.54, 1.807) is 11.6 Å². The Morgan fingerprint density at radius 1 is 0.806 bits per heavy atom. The summed E-state index contributed by atoms with van der Waals surface area (Å²) in [4.78, 5) is 0. The van der Waals surface area contributed by atoms with Gasteiger partial charge in [-0.05, 0) is 99.0 Å². The van der Waals surface area contributed by atoms with E-state index in [0.717, 1.165) is 17.8 Å². The third-order valence-electron chi connectivity index (χ3n) is 8.18. The summed E-state index contributed by atoms with van der Waals surface area (Å²) in [6, 6.07) is 11.8. The molecule has 31 heavy (non-hydrogen) atoms. The van der Waals surface area contributed by atoms with Gasteiger partial charge < -0.3 is 0 Å². The molecule has 2 saturated carbocycles. The fraction of sp³-hybridized carbons (Fsp3) is 0.700. The molecule has 1 heteroatoms. The Morgan fingerprint density at radius 3 is 2.00 bits per heavy atom. The van der Waals surface area contributed by atoms with E-state index < -0.39 is 0 Å². The first kappa shape index (κ1) is 24.1. The minimum Gasteiger partial charge on any atom is -0.193 e. The lowest BCUT2D eigenvalue weighted by Gasteiger charge is -2.29. The first-order valence-electron chi connectivity index (χ1n) is 13.4.